The molecule has 0 bridgehead atoms. The molecule has 0 unspecified atom stereocenters. The van der Waals surface area contributed by atoms with Gasteiger partial charge in [-0.3, -0.25) is 14.7 Å². The zero-order chi connectivity index (χ0) is 26.0. The summed E-state index contributed by atoms with van der Waals surface area (Å²) in [6.45, 7) is 8.15. The maximum atomic E-state index is 13.2. The molecule has 1 aromatic heterocycles. The first kappa shape index (κ1) is 25.1. The standard InChI is InChI=1S/C30H31N3O3S/c1-22-8-9-23(2)27(19-22)20-32-15-17-33(18-16-32)30(34)26-12-10-24(11-13-26)21-37(35,36)28-7-3-5-25-6-4-14-31-29(25)28/h3-14,19H,15-18,20-21H2,1-2H3. The molecular formula is C30H31N3O3S. The van der Waals surface area contributed by atoms with Crippen molar-refractivity contribution in [3.05, 3.63) is 107 Å². The van der Waals surface area contributed by atoms with Crippen molar-refractivity contribution in [1.82, 2.24) is 14.8 Å². The van der Waals surface area contributed by atoms with Crippen molar-refractivity contribution >= 4 is 26.6 Å². The molecule has 0 saturated carbocycles. The first-order chi connectivity index (χ1) is 17.8. The van der Waals surface area contributed by atoms with Gasteiger partial charge in [0.05, 0.1) is 16.2 Å². The molecule has 190 valence electrons. The third kappa shape index (κ3) is 5.58. The van der Waals surface area contributed by atoms with Gasteiger partial charge in [-0.2, -0.15) is 0 Å². The molecule has 37 heavy (non-hydrogen) atoms. The summed E-state index contributed by atoms with van der Waals surface area (Å²) >= 11 is 0. The molecule has 7 heteroatoms. The molecule has 4 aromatic rings. The minimum Gasteiger partial charge on any atom is -0.336 e. The van der Waals surface area contributed by atoms with Crippen molar-refractivity contribution in [2.45, 2.75) is 31.0 Å². The number of amides is 1. The van der Waals surface area contributed by atoms with Crippen molar-refractivity contribution in [2.24, 2.45) is 0 Å². The van der Waals surface area contributed by atoms with Crippen LogP contribution < -0.4 is 0 Å². The van der Waals surface area contributed by atoms with Crippen LogP contribution in [-0.4, -0.2) is 55.3 Å². The van der Waals surface area contributed by atoms with Gasteiger partial charge in [0.15, 0.2) is 9.84 Å². The van der Waals surface area contributed by atoms with E-state index < -0.39 is 9.84 Å². The second-order valence-electron chi connectivity index (χ2n) is 9.79. The van der Waals surface area contributed by atoms with Gasteiger partial charge in [0.25, 0.3) is 5.91 Å². The molecule has 0 spiro atoms. The number of piperazine rings is 1. The quantitative estimate of drug-likeness (QED) is 0.371. The van der Waals surface area contributed by atoms with Gasteiger partial charge in [-0.25, -0.2) is 8.42 Å². The molecule has 1 aliphatic heterocycles. The van der Waals surface area contributed by atoms with Gasteiger partial charge in [-0.15, -0.1) is 0 Å². The Bertz CT molecular complexity index is 1540. The Hall–Kier alpha value is -3.55. The lowest BCUT2D eigenvalue weighted by atomic mass is 10.0. The van der Waals surface area contributed by atoms with E-state index in [0.29, 0.717) is 29.7 Å². The predicted molar refractivity (Wildman–Crippen MR) is 146 cm³/mol. The van der Waals surface area contributed by atoms with E-state index in [2.05, 4.69) is 41.9 Å². The van der Waals surface area contributed by atoms with Crippen LogP contribution in [0.5, 0.6) is 0 Å². The van der Waals surface area contributed by atoms with Gasteiger partial charge in [0, 0.05) is 49.9 Å². The van der Waals surface area contributed by atoms with E-state index in [0.717, 1.165) is 25.0 Å². The second-order valence-corrected chi connectivity index (χ2v) is 11.7. The highest BCUT2D eigenvalue weighted by molar-refractivity contribution is 7.90. The third-order valence-electron chi connectivity index (χ3n) is 7.05. The fraction of sp³-hybridized carbons (Fsp3) is 0.267. The maximum absolute atomic E-state index is 13.2. The van der Waals surface area contributed by atoms with Crippen molar-refractivity contribution in [1.29, 1.82) is 0 Å². The Labute approximate surface area is 218 Å². The first-order valence-electron chi connectivity index (χ1n) is 12.5. The van der Waals surface area contributed by atoms with Gasteiger partial charge >= 0.3 is 0 Å². The summed E-state index contributed by atoms with van der Waals surface area (Å²) in [4.78, 5) is 21.9. The van der Waals surface area contributed by atoms with Crippen LogP contribution in [0.15, 0.2) is 83.9 Å². The smallest absolute Gasteiger partial charge is 0.253 e. The lowest BCUT2D eigenvalue weighted by Gasteiger charge is -2.35. The van der Waals surface area contributed by atoms with Crippen LogP contribution >= 0.6 is 0 Å². The van der Waals surface area contributed by atoms with Crippen molar-refractivity contribution < 1.29 is 13.2 Å². The Balaban J connectivity index is 1.21. The van der Waals surface area contributed by atoms with Crippen molar-refractivity contribution in [3.8, 4) is 0 Å². The molecule has 6 nitrogen and oxygen atoms in total. The zero-order valence-corrected chi connectivity index (χ0v) is 22.0. The average Bonchev–Trinajstić information content (AvgIpc) is 2.91. The van der Waals surface area contributed by atoms with Crippen LogP contribution in [0.3, 0.4) is 0 Å². The molecule has 0 aliphatic carbocycles. The van der Waals surface area contributed by atoms with E-state index in [1.165, 1.54) is 16.7 Å². The van der Waals surface area contributed by atoms with E-state index in [1.807, 2.05) is 17.0 Å². The van der Waals surface area contributed by atoms with Gasteiger partial charge in [-0.1, -0.05) is 54.1 Å². The van der Waals surface area contributed by atoms with Crippen LogP contribution in [0.2, 0.25) is 0 Å². The molecular weight excluding hydrogens is 482 g/mol. The van der Waals surface area contributed by atoms with Crippen LogP contribution in [0, 0.1) is 13.8 Å². The molecule has 1 amide bonds. The summed E-state index contributed by atoms with van der Waals surface area (Å²) in [6, 6.07) is 22.3. The highest BCUT2D eigenvalue weighted by atomic mass is 32.2. The number of nitrogens with zero attached hydrogens (tertiary/aromatic N) is 3. The number of hydrogen-bond donors (Lipinski definition) is 0. The Morgan fingerprint density at radius 3 is 2.38 bits per heavy atom. The number of rotatable bonds is 6. The molecule has 1 fully saturated rings. The molecule has 0 radical (unpaired) electrons. The summed E-state index contributed by atoms with van der Waals surface area (Å²) in [5.41, 5.74) is 5.60. The first-order valence-corrected chi connectivity index (χ1v) is 14.2. The summed E-state index contributed by atoms with van der Waals surface area (Å²) in [7, 11) is -3.59. The fourth-order valence-electron chi connectivity index (χ4n) is 4.87. The Morgan fingerprint density at radius 2 is 1.62 bits per heavy atom. The number of para-hydroxylation sites is 1. The number of benzene rings is 3. The lowest BCUT2D eigenvalue weighted by molar-refractivity contribution is 0.0628. The molecule has 0 N–H and O–H groups in total. The zero-order valence-electron chi connectivity index (χ0n) is 21.2. The minimum atomic E-state index is -3.59. The van der Waals surface area contributed by atoms with Crippen LogP contribution in [0.1, 0.15) is 32.6 Å². The summed E-state index contributed by atoms with van der Waals surface area (Å²) in [6.07, 6.45) is 1.60. The van der Waals surface area contributed by atoms with Crippen LogP contribution in [-0.2, 0) is 22.1 Å². The Kier molecular flexibility index (Phi) is 7.09. The molecule has 2 heterocycles. The number of aromatic nitrogens is 1. The highest BCUT2D eigenvalue weighted by Gasteiger charge is 2.23. The highest BCUT2D eigenvalue weighted by Crippen LogP contribution is 2.24. The summed E-state index contributed by atoms with van der Waals surface area (Å²) < 4.78 is 26.3. The number of carbonyl (C=O) groups excluding carboxylic acids is 1. The molecule has 5 rings (SSSR count). The van der Waals surface area contributed by atoms with Gasteiger partial charge in [0.1, 0.15) is 0 Å². The monoisotopic (exact) mass is 513 g/mol. The average molecular weight is 514 g/mol. The number of fused-ring (bicyclic) bond motifs is 1. The van der Waals surface area contributed by atoms with Crippen molar-refractivity contribution in [2.75, 3.05) is 26.2 Å². The second kappa shape index (κ2) is 10.4. The topological polar surface area (TPSA) is 70.6 Å². The normalized spacial score (nSPS) is 14.7. The van der Waals surface area contributed by atoms with Crippen molar-refractivity contribution in [3.63, 3.8) is 0 Å². The largest absolute Gasteiger partial charge is 0.336 e. The number of sulfone groups is 1. The fourth-order valence-corrected chi connectivity index (χ4v) is 6.41. The molecule has 3 aromatic carbocycles. The SMILES string of the molecule is Cc1ccc(C)c(CN2CCN(C(=O)c3ccc(CS(=O)(=O)c4cccc5cccnc45)cc3)CC2)c1. The Morgan fingerprint density at radius 1 is 0.892 bits per heavy atom. The lowest BCUT2D eigenvalue weighted by Crippen LogP contribution is -2.48. The maximum Gasteiger partial charge on any atom is 0.253 e. The summed E-state index contributed by atoms with van der Waals surface area (Å²) in [5.74, 6) is -0.159. The number of carbonyl (C=O) groups is 1. The van der Waals surface area contributed by atoms with E-state index >= 15 is 0 Å². The van der Waals surface area contributed by atoms with E-state index in [-0.39, 0.29) is 16.6 Å². The number of hydrogen-bond acceptors (Lipinski definition) is 5. The van der Waals surface area contributed by atoms with E-state index in [4.69, 9.17) is 0 Å². The van der Waals surface area contributed by atoms with Crippen LogP contribution in [0.25, 0.3) is 10.9 Å². The molecule has 1 saturated heterocycles. The number of pyridine rings is 1. The van der Waals surface area contributed by atoms with Crippen LogP contribution in [0.4, 0.5) is 0 Å². The third-order valence-corrected chi connectivity index (χ3v) is 8.76. The van der Waals surface area contributed by atoms with E-state index in [1.54, 1.807) is 48.7 Å². The number of aryl methyl sites for hydroxylation is 2. The van der Waals surface area contributed by atoms with Gasteiger partial charge in [0.2, 0.25) is 0 Å². The molecule has 0 atom stereocenters. The predicted octanol–water partition coefficient (Wildman–Crippen LogP) is 4.78. The molecule has 1 aliphatic rings. The van der Waals surface area contributed by atoms with E-state index in [9.17, 15) is 13.2 Å². The minimum absolute atomic E-state index is 0.0148. The summed E-state index contributed by atoms with van der Waals surface area (Å²) in [5, 5.41) is 0.790. The van der Waals surface area contributed by atoms with Gasteiger partial charge < -0.3 is 4.90 Å². The van der Waals surface area contributed by atoms with Gasteiger partial charge in [-0.05, 0) is 54.8 Å².